The second-order valence-corrected chi connectivity index (χ2v) is 12.0. The standard InChI is InChI=1S/C22H27N3O5S2/c26-22(18-9-11-20(12-10-18)25-15-6-16-31(25,27)28)23-19-7-5-8-21(17-19)32(29,30)24-13-3-1-2-4-14-24/h5,7-12,17H,1-4,6,13-16H2,(H,23,26). The monoisotopic (exact) mass is 477 g/mol. The smallest absolute Gasteiger partial charge is 0.255 e. The van der Waals surface area contributed by atoms with Crippen LogP contribution >= 0.6 is 0 Å². The molecule has 0 atom stereocenters. The fraction of sp³-hybridized carbons (Fsp3) is 0.409. The van der Waals surface area contributed by atoms with Crippen molar-refractivity contribution in [3.63, 3.8) is 0 Å². The topological polar surface area (TPSA) is 104 Å². The van der Waals surface area contributed by atoms with Gasteiger partial charge in [0.25, 0.3) is 5.91 Å². The summed E-state index contributed by atoms with van der Waals surface area (Å²) in [6.45, 7) is 1.46. The molecule has 0 unspecified atom stereocenters. The summed E-state index contributed by atoms with van der Waals surface area (Å²) in [5.74, 6) is -0.267. The zero-order valence-corrected chi connectivity index (χ0v) is 19.4. The molecule has 172 valence electrons. The minimum Gasteiger partial charge on any atom is -0.322 e. The van der Waals surface area contributed by atoms with E-state index in [1.165, 1.54) is 14.7 Å². The van der Waals surface area contributed by atoms with E-state index in [0.29, 0.717) is 43.0 Å². The number of rotatable bonds is 5. The van der Waals surface area contributed by atoms with Crippen LogP contribution < -0.4 is 9.62 Å². The maximum Gasteiger partial charge on any atom is 0.255 e. The van der Waals surface area contributed by atoms with Crippen molar-refractivity contribution in [3.05, 3.63) is 54.1 Å². The van der Waals surface area contributed by atoms with Gasteiger partial charge < -0.3 is 5.32 Å². The molecule has 1 amide bonds. The van der Waals surface area contributed by atoms with E-state index >= 15 is 0 Å². The zero-order chi connectivity index (χ0) is 22.8. The van der Waals surface area contributed by atoms with Crippen LogP contribution in [0.3, 0.4) is 0 Å². The molecule has 8 nitrogen and oxygen atoms in total. The van der Waals surface area contributed by atoms with Gasteiger partial charge in [-0.25, -0.2) is 16.8 Å². The zero-order valence-electron chi connectivity index (χ0n) is 17.7. The highest BCUT2D eigenvalue weighted by Crippen LogP contribution is 2.25. The Morgan fingerprint density at radius 3 is 2.19 bits per heavy atom. The molecule has 4 rings (SSSR count). The molecule has 2 saturated heterocycles. The summed E-state index contributed by atoms with van der Waals surface area (Å²) < 4.78 is 53.0. The molecule has 2 aromatic rings. The normalized spacial score (nSPS) is 19.4. The lowest BCUT2D eigenvalue weighted by Gasteiger charge is -2.20. The molecule has 2 aromatic carbocycles. The van der Waals surface area contributed by atoms with Crippen molar-refractivity contribution in [2.45, 2.75) is 37.0 Å². The molecule has 0 radical (unpaired) electrons. The highest BCUT2D eigenvalue weighted by molar-refractivity contribution is 7.93. The van der Waals surface area contributed by atoms with Crippen LogP contribution in [0.25, 0.3) is 0 Å². The summed E-state index contributed by atoms with van der Waals surface area (Å²) in [5, 5.41) is 2.74. The van der Waals surface area contributed by atoms with E-state index < -0.39 is 26.0 Å². The number of hydrogen-bond acceptors (Lipinski definition) is 5. The quantitative estimate of drug-likeness (QED) is 0.713. The van der Waals surface area contributed by atoms with Crippen molar-refractivity contribution in [2.75, 3.05) is 35.0 Å². The largest absolute Gasteiger partial charge is 0.322 e. The Morgan fingerprint density at radius 2 is 1.56 bits per heavy atom. The predicted octanol–water partition coefficient (Wildman–Crippen LogP) is 3.04. The number of carbonyl (C=O) groups is 1. The molecule has 10 heteroatoms. The van der Waals surface area contributed by atoms with E-state index in [9.17, 15) is 21.6 Å². The Labute approximate surface area is 189 Å². The fourth-order valence-corrected chi connectivity index (χ4v) is 7.21. The van der Waals surface area contributed by atoms with Crippen molar-refractivity contribution in [1.82, 2.24) is 4.31 Å². The lowest BCUT2D eigenvalue weighted by atomic mass is 10.2. The number of amides is 1. The second-order valence-electron chi connectivity index (χ2n) is 8.09. The average molecular weight is 478 g/mol. The first-order chi connectivity index (χ1) is 15.3. The van der Waals surface area contributed by atoms with Gasteiger partial charge in [-0.05, 0) is 61.7 Å². The van der Waals surface area contributed by atoms with E-state index in [4.69, 9.17) is 0 Å². The van der Waals surface area contributed by atoms with Gasteiger partial charge in [0.15, 0.2) is 0 Å². The lowest BCUT2D eigenvalue weighted by Crippen LogP contribution is -2.32. The van der Waals surface area contributed by atoms with Crippen LogP contribution in [0.5, 0.6) is 0 Å². The molecule has 2 aliphatic heterocycles. The number of nitrogens with one attached hydrogen (secondary N) is 1. The number of carbonyl (C=O) groups excluding carboxylic acids is 1. The van der Waals surface area contributed by atoms with Gasteiger partial charge in [-0.15, -0.1) is 0 Å². The Hall–Kier alpha value is -2.43. The van der Waals surface area contributed by atoms with Gasteiger partial charge in [0.2, 0.25) is 20.0 Å². The maximum atomic E-state index is 13.0. The van der Waals surface area contributed by atoms with E-state index in [1.807, 2.05) is 0 Å². The van der Waals surface area contributed by atoms with Crippen LogP contribution in [0.2, 0.25) is 0 Å². The third-order valence-corrected chi connectivity index (χ3v) is 9.58. The van der Waals surface area contributed by atoms with Gasteiger partial charge in [0.1, 0.15) is 0 Å². The van der Waals surface area contributed by atoms with Crippen molar-refractivity contribution in [2.24, 2.45) is 0 Å². The first-order valence-corrected chi connectivity index (χ1v) is 13.8. The number of sulfonamides is 2. The van der Waals surface area contributed by atoms with E-state index in [-0.39, 0.29) is 10.6 Å². The van der Waals surface area contributed by atoms with Crippen LogP contribution in [0.4, 0.5) is 11.4 Å². The maximum absolute atomic E-state index is 13.0. The number of anilines is 2. The Balaban J connectivity index is 1.48. The Kier molecular flexibility index (Phi) is 6.55. The third kappa shape index (κ3) is 4.82. The summed E-state index contributed by atoms with van der Waals surface area (Å²) in [4.78, 5) is 12.8. The van der Waals surface area contributed by atoms with E-state index in [0.717, 1.165) is 25.7 Å². The summed E-state index contributed by atoms with van der Waals surface area (Å²) >= 11 is 0. The highest BCUT2D eigenvalue weighted by atomic mass is 32.2. The molecule has 2 heterocycles. The summed E-state index contributed by atoms with van der Waals surface area (Å²) in [6, 6.07) is 12.6. The third-order valence-electron chi connectivity index (χ3n) is 5.81. The van der Waals surface area contributed by atoms with Crippen LogP contribution in [-0.4, -0.2) is 52.4 Å². The minimum atomic E-state index is -3.61. The molecular weight excluding hydrogens is 450 g/mol. The van der Waals surface area contributed by atoms with E-state index in [2.05, 4.69) is 5.32 Å². The molecule has 32 heavy (non-hydrogen) atoms. The Bertz CT molecular complexity index is 1190. The van der Waals surface area contributed by atoms with Crippen molar-refractivity contribution < 1.29 is 21.6 Å². The number of benzene rings is 2. The average Bonchev–Trinajstić information content (AvgIpc) is 2.95. The molecule has 2 fully saturated rings. The van der Waals surface area contributed by atoms with Crippen LogP contribution in [0.1, 0.15) is 42.5 Å². The van der Waals surface area contributed by atoms with Crippen molar-refractivity contribution in [3.8, 4) is 0 Å². The van der Waals surface area contributed by atoms with Crippen LogP contribution in [0.15, 0.2) is 53.4 Å². The molecule has 0 bridgehead atoms. The molecule has 0 aromatic heterocycles. The number of hydrogen-bond donors (Lipinski definition) is 1. The summed E-state index contributed by atoms with van der Waals surface area (Å²) in [7, 11) is -6.90. The first kappa shape index (κ1) is 22.8. The predicted molar refractivity (Wildman–Crippen MR) is 124 cm³/mol. The van der Waals surface area contributed by atoms with Gasteiger partial charge in [-0.2, -0.15) is 4.31 Å². The van der Waals surface area contributed by atoms with E-state index in [1.54, 1.807) is 42.5 Å². The van der Waals surface area contributed by atoms with Crippen LogP contribution in [-0.2, 0) is 20.0 Å². The lowest BCUT2D eigenvalue weighted by molar-refractivity contribution is 0.102. The van der Waals surface area contributed by atoms with Gasteiger partial charge >= 0.3 is 0 Å². The van der Waals surface area contributed by atoms with Gasteiger partial charge in [-0.1, -0.05) is 18.9 Å². The number of nitrogens with zero attached hydrogens (tertiary/aromatic N) is 2. The van der Waals surface area contributed by atoms with Gasteiger partial charge in [0.05, 0.1) is 16.3 Å². The summed E-state index contributed by atoms with van der Waals surface area (Å²) in [5.41, 5.74) is 1.27. The van der Waals surface area contributed by atoms with Gasteiger partial charge in [0, 0.05) is 30.9 Å². The molecule has 0 aliphatic carbocycles. The molecule has 1 N–H and O–H groups in total. The molecule has 0 saturated carbocycles. The SMILES string of the molecule is O=C(Nc1cccc(S(=O)(=O)N2CCCCCC2)c1)c1ccc(N2CCCS2(=O)=O)cc1. The van der Waals surface area contributed by atoms with Gasteiger partial charge in [-0.3, -0.25) is 9.10 Å². The highest BCUT2D eigenvalue weighted by Gasteiger charge is 2.28. The van der Waals surface area contributed by atoms with Crippen molar-refractivity contribution in [1.29, 1.82) is 0 Å². The summed E-state index contributed by atoms with van der Waals surface area (Å²) in [6.07, 6.45) is 4.35. The molecule has 0 spiro atoms. The minimum absolute atomic E-state index is 0.131. The van der Waals surface area contributed by atoms with Crippen molar-refractivity contribution >= 4 is 37.3 Å². The Morgan fingerprint density at radius 1 is 0.875 bits per heavy atom. The van der Waals surface area contributed by atoms with Crippen LogP contribution in [0, 0.1) is 0 Å². The fourth-order valence-electron chi connectivity index (χ4n) is 4.08. The molecule has 2 aliphatic rings. The second kappa shape index (κ2) is 9.21. The first-order valence-electron chi connectivity index (χ1n) is 10.8. The molecular formula is C22H27N3O5S2.